The molecule has 3 heterocycles. The van der Waals surface area contributed by atoms with Crippen LogP contribution in [0, 0.1) is 0 Å². The summed E-state index contributed by atoms with van der Waals surface area (Å²) in [5.74, 6) is -0.312. The molecule has 4 N–H and O–H groups in total. The summed E-state index contributed by atoms with van der Waals surface area (Å²) in [6, 6.07) is 8.98. The Balaban J connectivity index is 1.57. The highest BCUT2D eigenvalue weighted by Gasteiger charge is 2.22. The highest BCUT2D eigenvalue weighted by atomic mass is 16.6. The van der Waals surface area contributed by atoms with Gasteiger partial charge in [0.2, 0.25) is 0 Å². The molecule has 0 bridgehead atoms. The molecule has 0 radical (unpaired) electrons. The van der Waals surface area contributed by atoms with Gasteiger partial charge in [-0.2, -0.15) is 5.10 Å². The van der Waals surface area contributed by atoms with Crippen LogP contribution in [0.25, 0.3) is 22.0 Å². The zero-order valence-corrected chi connectivity index (χ0v) is 18.7. The summed E-state index contributed by atoms with van der Waals surface area (Å²) in [4.78, 5) is 32.9. The number of nitrogens with zero attached hydrogens (tertiary/aromatic N) is 2. The Morgan fingerprint density at radius 1 is 1.09 bits per heavy atom. The maximum Gasteiger partial charge on any atom is 0.407 e. The number of hydrogen-bond donors (Lipinski definition) is 4. The number of rotatable bonds is 6. The molecule has 1 atom stereocenters. The molecule has 4 aromatic rings. The van der Waals surface area contributed by atoms with Crippen LogP contribution < -0.4 is 10.6 Å². The Morgan fingerprint density at radius 2 is 1.88 bits per heavy atom. The van der Waals surface area contributed by atoms with Crippen molar-refractivity contribution >= 4 is 22.9 Å². The van der Waals surface area contributed by atoms with E-state index in [0.29, 0.717) is 11.1 Å². The average Bonchev–Trinajstić information content (AvgIpc) is 3.45. The molecule has 9 heteroatoms. The summed E-state index contributed by atoms with van der Waals surface area (Å²) in [5, 5.41) is 13.4. The monoisotopic (exact) mass is 446 g/mol. The number of aromatic nitrogens is 4. The van der Waals surface area contributed by atoms with Crippen LogP contribution in [-0.4, -0.2) is 44.3 Å². The van der Waals surface area contributed by atoms with Gasteiger partial charge in [0.25, 0.3) is 5.91 Å². The smallest absolute Gasteiger partial charge is 0.407 e. The minimum atomic E-state index is -0.614. The maximum atomic E-state index is 13.3. The number of fused-ring (bicyclic) bond motifs is 1. The number of amides is 2. The molecular weight excluding hydrogens is 420 g/mol. The van der Waals surface area contributed by atoms with Gasteiger partial charge in [-0.3, -0.25) is 14.9 Å². The second-order valence-electron chi connectivity index (χ2n) is 8.62. The van der Waals surface area contributed by atoms with Crippen molar-refractivity contribution in [1.82, 2.24) is 30.8 Å². The van der Waals surface area contributed by atoms with Gasteiger partial charge in [-0.15, -0.1) is 0 Å². The van der Waals surface area contributed by atoms with Crippen molar-refractivity contribution in [3.63, 3.8) is 0 Å². The van der Waals surface area contributed by atoms with E-state index in [1.165, 1.54) is 6.20 Å². The number of pyridine rings is 1. The fraction of sp³-hybridized carbons (Fsp3) is 0.250. The van der Waals surface area contributed by atoms with Gasteiger partial charge in [-0.25, -0.2) is 4.79 Å². The van der Waals surface area contributed by atoms with Gasteiger partial charge in [0.15, 0.2) is 0 Å². The van der Waals surface area contributed by atoms with E-state index < -0.39 is 17.7 Å². The molecule has 4 rings (SSSR count). The van der Waals surface area contributed by atoms with Crippen LogP contribution in [0.4, 0.5) is 4.79 Å². The number of aromatic amines is 2. The third-order valence-corrected chi connectivity index (χ3v) is 5.01. The molecule has 1 aromatic carbocycles. The number of carbonyl (C=O) groups excluding carboxylic acids is 2. The summed E-state index contributed by atoms with van der Waals surface area (Å²) < 4.78 is 5.32. The number of ether oxygens (including phenoxy) is 1. The fourth-order valence-electron chi connectivity index (χ4n) is 3.52. The van der Waals surface area contributed by atoms with Crippen LogP contribution in [0.2, 0.25) is 0 Å². The van der Waals surface area contributed by atoms with E-state index in [1.807, 2.05) is 36.5 Å². The van der Waals surface area contributed by atoms with E-state index in [1.54, 1.807) is 39.4 Å². The van der Waals surface area contributed by atoms with Gasteiger partial charge in [-0.05, 0) is 26.3 Å². The lowest BCUT2D eigenvalue weighted by atomic mass is 10.1. The Bertz CT molecular complexity index is 1240. The molecular formula is C24H26N6O3. The molecule has 0 aliphatic rings. The van der Waals surface area contributed by atoms with Crippen LogP contribution in [0.15, 0.2) is 61.3 Å². The number of carbonyl (C=O) groups is 2. The zero-order valence-electron chi connectivity index (χ0n) is 18.7. The van der Waals surface area contributed by atoms with E-state index in [4.69, 9.17) is 4.74 Å². The van der Waals surface area contributed by atoms with Crippen molar-refractivity contribution in [2.24, 2.45) is 0 Å². The van der Waals surface area contributed by atoms with Crippen molar-refractivity contribution in [3.8, 4) is 11.1 Å². The average molecular weight is 447 g/mol. The lowest BCUT2D eigenvalue weighted by Gasteiger charge is -2.23. The van der Waals surface area contributed by atoms with Crippen LogP contribution in [0.5, 0.6) is 0 Å². The summed E-state index contributed by atoms with van der Waals surface area (Å²) in [6.07, 6.45) is 8.01. The van der Waals surface area contributed by atoms with E-state index in [9.17, 15) is 9.59 Å². The van der Waals surface area contributed by atoms with Crippen molar-refractivity contribution in [2.45, 2.75) is 32.4 Å². The van der Waals surface area contributed by atoms with Crippen LogP contribution >= 0.6 is 0 Å². The third kappa shape index (κ3) is 5.20. The van der Waals surface area contributed by atoms with E-state index >= 15 is 0 Å². The first kappa shape index (κ1) is 22.1. The number of nitrogens with one attached hydrogen (secondary N) is 4. The summed E-state index contributed by atoms with van der Waals surface area (Å²) in [7, 11) is 0. The molecule has 3 aromatic heterocycles. The standard InChI is InChI=1S/C24H26N6O3/c1-24(2,3)33-23(32)27-14-20(15-7-5-4-6-8-15)30-22(31)19-12-25-11-18-17(13-26-21(18)19)16-9-28-29-10-16/h4-13,20,26H,14H2,1-3H3,(H,27,32)(H,28,29)(H,30,31)/t20-/m1/s1. The molecule has 0 unspecified atom stereocenters. The van der Waals surface area contributed by atoms with Gasteiger partial charge in [0, 0.05) is 47.8 Å². The van der Waals surface area contributed by atoms with E-state index in [-0.39, 0.29) is 12.5 Å². The minimum absolute atomic E-state index is 0.166. The second kappa shape index (κ2) is 9.15. The maximum absolute atomic E-state index is 13.3. The normalized spacial score (nSPS) is 12.3. The molecule has 0 aliphatic heterocycles. The highest BCUT2D eigenvalue weighted by Crippen LogP contribution is 2.29. The number of alkyl carbamates (subject to hydrolysis) is 1. The number of benzene rings is 1. The summed E-state index contributed by atoms with van der Waals surface area (Å²) in [6.45, 7) is 5.56. The van der Waals surface area contributed by atoms with Gasteiger partial charge in [0.1, 0.15) is 5.60 Å². The van der Waals surface area contributed by atoms with Gasteiger partial charge in [-0.1, -0.05) is 30.3 Å². The van der Waals surface area contributed by atoms with E-state index in [2.05, 4.69) is 30.8 Å². The first-order chi connectivity index (χ1) is 15.8. The first-order valence-corrected chi connectivity index (χ1v) is 10.6. The van der Waals surface area contributed by atoms with E-state index in [0.717, 1.165) is 22.1 Å². The molecule has 170 valence electrons. The molecule has 0 saturated carbocycles. The SMILES string of the molecule is CC(C)(C)OC(=O)NC[C@@H](NC(=O)c1cncc2c(-c3cn[nH]c3)c[nH]c12)c1ccccc1. The zero-order chi connectivity index (χ0) is 23.4. The molecule has 0 saturated heterocycles. The lowest BCUT2D eigenvalue weighted by Crippen LogP contribution is -2.40. The predicted octanol–water partition coefficient (Wildman–Crippen LogP) is 3.95. The Labute approximate surface area is 191 Å². The molecule has 9 nitrogen and oxygen atoms in total. The number of H-pyrrole nitrogens is 2. The third-order valence-electron chi connectivity index (χ3n) is 5.01. The van der Waals surface area contributed by atoms with Crippen LogP contribution in [0.3, 0.4) is 0 Å². The molecule has 33 heavy (non-hydrogen) atoms. The second-order valence-corrected chi connectivity index (χ2v) is 8.62. The van der Waals surface area contributed by atoms with Gasteiger partial charge >= 0.3 is 6.09 Å². The summed E-state index contributed by atoms with van der Waals surface area (Å²) in [5.41, 5.74) is 3.10. The predicted molar refractivity (Wildman–Crippen MR) is 125 cm³/mol. The summed E-state index contributed by atoms with van der Waals surface area (Å²) >= 11 is 0. The van der Waals surface area contributed by atoms with Crippen molar-refractivity contribution < 1.29 is 14.3 Å². The van der Waals surface area contributed by atoms with Crippen molar-refractivity contribution in [1.29, 1.82) is 0 Å². The first-order valence-electron chi connectivity index (χ1n) is 10.6. The van der Waals surface area contributed by atoms with Gasteiger partial charge < -0.3 is 20.4 Å². The largest absolute Gasteiger partial charge is 0.444 e. The van der Waals surface area contributed by atoms with Gasteiger partial charge in [0.05, 0.1) is 23.3 Å². The molecule has 0 fully saturated rings. The Morgan fingerprint density at radius 3 is 2.58 bits per heavy atom. The lowest BCUT2D eigenvalue weighted by molar-refractivity contribution is 0.0520. The van der Waals surface area contributed by atoms with Crippen molar-refractivity contribution in [3.05, 3.63) is 72.4 Å². The Hall–Kier alpha value is -4.14. The number of hydrogen-bond acceptors (Lipinski definition) is 5. The minimum Gasteiger partial charge on any atom is -0.444 e. The fourth-order valence-corrected chi connectivity index (χ4v) is 3.52. The molecule has 2 amide bonds. The Kier molecular flexibility index (Phi) is 6.12. The van der Waals surface area contributed by atoms with Crippen LogP contribution in [-0.2, 0) is 4.74 Å². The highest BCUT2D eigenvalue weighted by molar-refractivity contribution is 6.08. The van der Waals surface area contributed by atoms with Crippen LogP contribution in [0.1, 0.15) is 42.7 Å². The molecule has 0 spiro atoms. The van der Waals surface area contributed by atoms with Crippen molar-refractivity contribution in [2.75, 3.05) is 6.54 Å². The topological polar surface area (TPSA) is 125 Å². The quantitative estimate of drug-likeness (QED) is 0.357. The molecule has 0 aliphatic carbocycles.